The fraction of sp³-hybridized carbons (Fsp3) is 0.625. The summed E-state index contributed by atoms with van der Waals surface area (Å²) in [5.41, 5.74) is 0.943. The molecule has 24 heavy (non-hydrogen) atoms. The zero-order chi connectivity index (χ0) is 17.5. The van der Waals surface area contributed by atoms with Gasteiger partial charge in [-0.05, 0) is 19.1 Å². The minimum Gasteiger partial charge on any atom is -0.388 e. The summed E-state index contributed by atoms with van der Waals surface area (Å²) in [5.74, 6) is 0. The Kier molecular flexibility index (Phi) is 4.96. The van der Waals surface area contributed by atoms with Gasteiger partial charge in [-0.2, -0.15) is 8.42 Å². The third-order valence-electron chi connectivity index (χ3n) is 4.18. The molecule has 8 heteroatoms. The topological polar surface area (TPSA) is 94.1 Å². The Hall–Kier alpha value is -1.03. The first-order valence-electron chi connectivity index (χ1n) is 7.99. The van der Waals surface area contributed by atoms with Gasteiger partial charge in [0.25, 0.3) is 10.1 Å². The van der Waals surface area contributed by atoms with Gasteiger partial charge in [0, 0.05) is 6.04 Å². The van der Waals surface area contributed by atoms with Crippen molar-refractivity contribution in [3.05, 3.63) is 29.8 Å². The van der Waals surface area contributed by atoms with E-state index in [0.717, 1.165) is 5.56 Å². The van der Waals surface area contributed by atoms with Crippen molar-refractivity contribution in [3.63, 3.8) is 0 Å². The van der Waals surface area contributed by atoms with E-state index in [9.17, 15) is 13.5 Å². The lowest BCUT2D eigenvalue weighted by Gasteiger charge is -2.38. The van der Waals surface area contributed by atoms with Crippen LogP contribution in [0, 0.1) is 6.92 Å². The highest BCUT2D eigenvalue weighted by molar-refractivity contribution is 7.86. The number of aliphatic hydroxyl groups excluding tert-OH is 1. The lowest BCUT2D eigenvalue weighted by atomic mass is 9.97. The Morgan fingerprint density at radius 1 is 1.29 bits per heavy atom. The van der Waals surface area contributed by atoms with Crippen LogP contribution in [0.5, 0.6) is 0 Å². The quantitative estimate of drug-likeness (QED) is 0.743. The maximum atomic E-state index is 12.5. The molecule has 2 bridgehead atoms. The molecule has 0 radical (unpaired) electrons. The van der Waals surface area contributed by atoms with Crippen molar-refractivity contribution in [1.82, 2.24) is 5.32 Å². The first-order chi connectivity index (χ1) is 11.3. The molecule has 5 atom stereocenters. The first-order valence-corrected chi connectivity index (χ1v) is 9.40. The average Bonchev–Trinajstić information content (AvgIpc) is 2.95. The molecule has 2 aliphatic rings. The second-order valence-corrected chi connectivity index (χ2v) is 8.11. The van der Waals surface area contributed by atoms with Crippen LogP contribution in [0.25, 0.3) is 0 Å². The van der Waals surface area contributed by atoms with Gasteiger partial charge in [-0.3, -0.25) is 4.18 Å². The number of fused-ring (bicyclic) bond motifs is 2. The molecule has 2 heterocycles. The molecule has 1 aromatic carbocycles. The molecule has 2 N–H and O–H groups in total. The monoisotopic (exact) mass is 357 g/mol. The van der Waals surface area contributed by atoms with Crippen LogP contribution >= 0.6 is 0 Å². The lowest BCUT2D eigenvalue weighted by molar-refractivity contribution is -0.193. The van der Waals surface area contributed by atoms with E-state index in [1.165, 1.54) is 12.1 Å². The van der Waals surface area contributed by atoms with Gasteiger partial charge in [-0.25, -0.2) is 0 Å². The predicted molar refractivity (Wildman–Crippen MR) is 85.9 cm³/mol. The lowest BCUT2D eigenvalue weighted by Crippen LogP contribution is -2.61. The van der Waals surface area contributed by atoms with Gasteiger partial charge in [-0.15, -0.1) is 0 Å². The Morgan fingerprint density at radius 3 is 2.58 bits per heavy atom. The number of aryl methyl sites for hydroxylation is 1. The van der Waals surface area contributed by atoms with E-state index in [0.29, 0.717) is 0 Å². The van der Waals surface area contributed by atoms with Crippen LogP contribution < -0.4 is 5.32 Å². The Balaban J connectivity index is 1.81. The van der Waals surface area contributed by atoms with E-state index in [2.05, 4.69) is 5.32 Å². The van der Waals surface area contributed by atoms with Gasteiger partial charge < -0.3 is 19.9 Å². The summed E-state index contributed by atoms with van der Waals surface area (Å²) in [6, 6.07) is 5.97. The van der Waals surface area contributed by atoms with Crippen molar-refractivity contribution in [2.24, 2.45) is 0 Å². The number of benzene rings is 1. The first kappa shape index (κ1) is 17.8. The van der Waals surface area contributed by atoms with E-state index in [4.69, 9.17) is 13.7 Å². The minimum atomic E-state index is -4.03. The molecule has 0 saturated carbocycles. The molecular weight excluding hydrogens is 334 g/mol. The van der Waals surface area contributed by atoms with Crippen LogP contribution in [0.15, 0.2) is 29.2 Å². The standard InChI is InChI=1S/C16H23NO6S/c1-9(2)17-13-12-8-21-16(22-12)15(14(13)18)23-24(19,20)11-6-4-10(3)5-7-11/h4-7,9,12-18H,8H2,1-3H3/t12-,13+,14-,15-,16+/m0/s1. The van der Waals surface area contributed by atoms with Crippen molar-refractivity contribution in [1.29, 1.82) is 0 Å². The Labute approximate surface area is 142 Å². The number of hydrogen-bond donors (Lipinski definition) is 2. The Bertz CT molecular complexity index is 674. The maximum absolute atomic E-state index is 12.5. The molecule has 3 rings (SSSR count). The van der Waals surface area contributed by atoms with Gasteiger partial charge in [0.2, 0.25) is 0 Å². The van der Waals surface area contributed by atoms with E-state index in [1.807, 2.05) is 20.8 Å². The molecule has 2 aliphatic heterocycles. The van der Waals surface area contributed by atoms with E-state index < -0.39 is 34.7 Å². The molecule has 2 saturated heterocycles. The van der Waals surface area contributed by atoms with E-state index in [1.54, 1.807) is 12.1 Å². The number of hydrogen-bond acceptors (Lipinski definition) is 7. The SMILES string of the molecule is Cc1ccc(S(=O)(=O)O[C@@H]2[C@@H]3OC[C@H](O3)[C@@H](NC(C)C)[C@@H]2O)cc1. The fourth-order valence-corrected chi connectivity index (χ4v) is 4.06. The molecule has 7 nitrogen and oxygen atoms in total. The number of ether oxygens (including phenoxy) is 2. The summed E-state index contributed by atoms with van der Waals surface area (Å²) >= 11 is 0. The second kappa shape index (κ2) is 6.70. The summed E-state index contributed by atoms with van der Waals surface area (Å²) in [6.45, 7) is 6.03. The minimum absolute atomic E-state index is 0.0359. The zero-order valence-corrected chi connectivity index (χ0v) is 14.7. The summed E-state index contributed by atoms with van der Waals surface area (Å²) < 4.78 is 41.4. The molecule has 1 aromatic rings. The van der Waals surface area contributed by atoms with Crippen LogP contribution in [-0.4, -0.2) is 56.8 Å². The summed E-state index contributed by atoms with van der Waals surface area (Å²) in [5, 5.41) is 13.8. The van der Waals surface area contributed by atoms with Crippen molar-refractivity contribution in [3.8, 4) is 0 Å². The maximum Gasteiger partial charge on any atom is 0.297 e. The highest BCUT2D eigenvalue weighted by Gasteiger charge is 2.52. The third kappa shape index (κ3) is 3.49. The smallest absolute Gasteiger partial charge is 0.297 e. The van der Waals surface area contributed by atoms with Crippen LogP contribution in [0.2, 0.25) is 0 Å². The van der Waals surface area contributed by atoms with Gasteiger partial charge >= 0.3 is 0 Å². The predicted octanol–water partition coefficient (Wildman–Crippen LogP) is 0.552. The number of aliphatic hydroxyl groups is 1. The summed E-state index contributed by atoms with van der Waals surface area (Å²) in [4.78, 5) is 0.0359. The van der Waals surface area contributed by atoms with Crippen molar-refractivity contribution in [2.45, 2.75) is 62.4 Å². The van der Waals surface area contributed by atoms with Crippen molar-refractivity contribution in [2.75, 3.05) is 6.61 Å². The molecule has 0 unspecified atom stereocenters. The largest absolute Gasteiger partial charge is 0.388 e. The second-order valence-electron chi connectivity index (χ2n) is 6.54. The average molecular weight is 357 g/mol. The Morgan fingerprint density at radius 2 is 1.96 bits per heavy atom. The molecule has 0 aliphatic carbocycles. The van der Waals surface area contributed by atoms with Crippen LogP contribution in [0.4, 0.5) is 0 Å². The summed E-state index contributed by atoms with van der Waals surface area (Å²) in [7, 11) is -4.03. The molecular formula is C16H23NO6S. The van der Waals surface area contributed by atoms with E-state index in [-0.39, 0.29) is 23.6 Å². The van der Waals surface area contributed by atoms with Crippen LogP contribution in [0.3, 0.4) is 0 Å². The van der Waals surface area contributed by atoms with Gasteiger partial charge in [0.15, 0.2) is 12.4 Å². The summed E-state index contributed by atoms with van der Waals surface area (Å²) in [6.07, 6.45) is -3.39. The highest BCUT2D eigenvalue weighted by atomic mass is 32.2. The molecule has 0 spiro atoms. The van der Waals surface area contributed by atoms with Gasteiger partial charge in [0.05, 0.1) is 17.5 Å². The fourth-order valence-electron chi connectivity index (χ4n) is 2.99. The number of rotatable bonds is 5. The van der Waals surface area contributed by atoms with Crippen LogP contribution in [0.1, 0.15) is 19.4 Å². The zero-order valence-electron chi connectivity index (χ0n) is 13.9. The van der Waals surface area contributed by atoms with Crippen molar-refractivity contribution < 1.29 is 27.2 Å². The number of nitrogens with one attached hydrogen (secondary N) is 1. The van der Waals surface area contributed by atoms with Gasteiger partial charge in [-0.1, -0.05) is 31.5 Å². The molecule has 0 amide bonds. The van der Waals surface area contributed by atoms with E-state index >= 15 is 0 Å². The molecule has 2 fully saturated rings. The van der Waals surface area contributed by atoms with Gasteiger partial charge in [0.1, 0.15) is 12.2 Å². The molecule has 134 valence electrons. The normalized spacial score (nSPS) is 33.1. The highest BCUT2D eigenvalue weighted by Crippen LogP contribution is 2.32. The molecule has 0 aromatic heterocycles. The third-order valence-corrected chi connectivity index (χ3v) is 5.51. The van der Waals surface area contributed by atoms with Crippen LogP contribution in [-0.2, 0) is 23.8 Å². The van der Waals surface area contributed by atoms with Crippen molar-refractivity contribution >= 4 is 10.1 Å².